The molecule has 0 spiro atoms. The summed E-state index contributed by atoms with van der Waals surface area (Å²) in [7, 11) is 3.94. The van der Waals surface area contributed by atoms with Crippen LogP contribution in [0.2, 0.25) is 5.02 Å². The molecule has 0 saturated carbocycles. The minimum atomic E-state index is -0.123. The minimum Gasteiger partial charge on any atom is -0.489 e. The molecule has 1 aromatic heterocycles. The number of hydrogen-bond acceptors (Lipinski definition) is 5. The van der Waals surface area contributed by atoms with Gasteiger partial charge in [0.25, 0.3) is 5.91 Å². The predicted molar refractivity (Wildman–Crippen MR) is 115 cm³/mol. The zero-order valence-electron chi connectivity index (χ0n) is 17.4. The van der Waals surface area contributed by atoms with Crippen LogP contribution in [0.15, 0.2) is 34.7 Å². The number of carbonyl (C=O) groups excluding carboxylic acids is 1. The van der Waals surface area contributed by atoms with Gasteiger partial charge in [0.15, 0.2) is 0 Å². The Morgan fingerprint density at radius 1 is 1.28 bits per heavy atom. The van der Waals surface area contributed by atoms with E-state index in [1.54, 1.807) is 18.2 Å². The number of carbonyl (C=O) groups is 1. The summed E-state index contributed by atoms with van der Waals surface area (Å²) in [6.45, 7) is 6.09. The van der Waals surface area contributed by atoms with Gasteiger partial charge in [0.05, 0.1) is 11.6 Å². The predicted octanol–water partition coefficient (Wildman–Crippen LogP) is 3.58. The third-order valence-electron chi connectivity index (χ3n) is 5.04. The summed E-state index contributed by atoms with van der Waals surface area (Å²) in [6.07, 6.45) is 1.99. The fourth-order valence-corrected chi connectivity index (χ4v) is 3.61. The maximum atomic E-state index is 12.2. The molecule has 1 aromatic carbocycles. The highest BCUT2D eigenvalue weighted by Crippen LogP contribution is 2.28. The lowest BCUT2D eigenvalue weighted by atomic mass is 10.1. The van der Waals surface area contributed by atoms with Crippen molar-refractivity contribution in [1.29, 1.82) is 0 Å². The van der Waals surface area contributed by atoms with Crippen LogP contribution in [0.5, 0.6) is 5.75 Å². The van der Waals surface area contributed by atoms with E-state index in [2.05, 4.69) is 10.2 Å². The average molecular weight is 420 g/mol. The first-order valence-corrected chi connectivity index (χ1v) is 10.5. The van der Waals surface area contributed by atoms with Gasteiger partial charge < -0.3 is 19.4 Å². The van der Waals surface area contributed by atoms with Crippen LogP contribution in [0.25, 0.3) is 0 Å². The van der Waals surface area contributed by atoms with E-state index in [0.29, 0.717) is 22.9 Å². The van der Waals surface area contributed by atoms with Crippen LogP contribution in [0.4, 0.5) is 0 Å². The number of amides is 1. The lowest BCUT2D eigenvalue weighted by Gasteiger charge is -2.31. The van der Waals surface area contributed by atoms with Crippen molar-refractivity contribution in [3.05, 3.63) is 52.4 Å². The number of likely N-dealkylation sites (N-methyl/N-ethyl adjacent to an activating group) is 1. The van der Waals surface area contributed by atoms with Crippen LogP contribution in [0, 0.1) is 6.92 Å². The standard InChI is InChI=1S/C22H30ClN3O3/c1-16-4-6-19(28-16)15-26-11-8-18(9-12-26)29-21-7-5-17(14-20(21)23)22(27)24-10-13-25(2)3/h4-7,14,18H,8-13,15H2,1-3H3,(H,24,27). The van der Waals surface area contributed by atoms with E-state index < -0.39 is 0 Å². The number of nitrogens with zero attached hydrogens (tertiary/aromatic N) is 2. The van der Waals surface area contributed by atoms with E-state index >= 15 is 0 Å². The summed E-state index contributed by atoms with van der Waals surface area (Å²) in [5.41, 5.74) is 0.546. The second kappa shape index (κ2) is 10.1. The topological polar surface area (TPSA) is 58.0 Å². The number of likely N-dealkylation sites (tertiary alicyclic amines) is 1. The average Bonchev–Trinajstić information content (AvgIpc) is 3.09. The highest BCUT2D eigenvalue weighted by molar-refractivity contribution is 6.32. The molecule has 3 rings (SSSR count). The van der Waals surface area contributed by atoms with Crippen LogP contribution < -0.4 is 10.1 Å². The highest BCUT2D eigenvalue weighted by atomic mass is 35.5. The van der Waals surface area contributed by atoms with Crippen molar-refractivity contribution in [2.24, 2.45) is 0 Å². The quantitative estimate of drug-likeness (QED) is 0.708. The Hall–Kier alpha value is -2.02. The van der Waals surface area contributed by atoms with Gasteiger partial charge in [-0.2, -0.15) is 0 Å². The third-order valence-corrected chi connectivity index (χ3v) is 5.34. The summed E-state index contributed by atoms with van der Waals surface area (Å²) in [6, 6.07) is 9.27. The fourth-order valence-electron chi connectivity index (χ4n) is 3.39. The molecule has 7 heteroatoms. The van der Waals surface area contributed by atoms with Crippen LogP contribution in [0.3, 0.4) is 0 Å². The first-order chi connectivity index (χ1) is 13.9. The van der Waals surface area contributed by atoms with Gasteiger partial charge in [-0.05, 0) is 64.2 Å². The zero-order valence-corrected chi connectivity index (χ0v) is 18.2. The molecule has 1 fully saturated rings. The van der Waals surface area contributed by atoms with Crippen molar-refractivity contribution < 1.29 is 13.9 Å². The molecule has 0 bridgehead atoms. The molecule has 0 radical (unpaired) electrons. The second-order valence-electron chi connectivity index (χ2n) is 7.81. The van der Waals surface area contributed by atoms with Crippen molar-refractivity contribution in [1.82, 2.24) is 15.1 Å². The van der Waals surface area contributed by atoms with Gasteiger partial charge in [0.2, 0.25) is 0 Å². The molecule has 1 N–H and O–H groups in total. The first-order valence-electron chi connectivity index (χ1n) is 10.1. The van der Waals surface area contributed by atoms with Gasteiger partial charge in [0.1, 0.15) is 23.4 Å². The summed E-state index contributed by atoms with van der Waals surface area (Å²) < 4.78 is 11.8. The van der Waals surface area contributed by atoms with E-state index in [1.807, 2.05) is 38.1 Å². The van der Waals surface area contributed by atoms with Crippen LogP contribution >= 0.6 is 11.6 Å². The second-order valence-corrected chi connectivity index (χ2v) is 8.22. The number of aryl methyl sites for hydroxylation is 1. The smallest absolute Gasteiger partial charge is 0.251 e. The lowest BCUT2D eigenvalue weighted by molar-refractivity contribution is 0.0925. The molecule has 158 valence electrons. The molecular formula is C22H30ClN3O3. The molecule has 0 atom stereocenters. The van der Waals surface area contributed by atoms with E-state index in [1.165, 1.54) is 0 Å². The van der Waals surface area contributed by atoms with E-state index in [-0.39, 0.29) is 12.0 Å². The molecule has 2 aromatic rings. The van der Waals surface area contributed by atoms with E-state index in [4.69, 9.17) is 20.8 Å². The Labute approximate surface area is 177 Å². The Morgan fingerprint density at radius 2 is 2.03 bits per heavy atom. The molecule has 0 aliphatic carbocycles. The number of rotatable bonds is 8. The normalized spacial score (nSPS) is 15.6. The monoisotopic (exact) mass is 419 g/mol. The molecule has 2 heterocycles. The molecule has 1 aliphatic rings. The molecule has 29 heavy (non-hydrogen) atoms. The van der Waals surface area contributed by atoms with E-state index in [9.17, 15) is 4.79 Å². The van der Waals surface area contributed by atoms with Gasteiger partial charge in [-0.1, -0.05) is 11.6 Å². The summed E-state index contributed by atoms with van der Waals surface area (Å²) >= 11 is 6.38. The first kappa shape index (κ1) is 21.7. The van der Waals surface area contributed by atoms with E-state index in [0.717, 1.165) is 50.5 Å². The van der Waals surface area contributed by atoms with Crippen LogP contribution in [-0.4, -0.2) is 62.1 Å². The number of piperidine rings is 1. The van der Waals surface area contributed by atoms with Crippen molar-refractivity contribution in [3.8, 4) is 5.75 Å². The van der Waals surface area contributed by atoms with Gasteiger partial charge in [-0.25, -0.2) is 0 Å². The molecule has 6 nitrogen and oxygen atoms in total. The van der Waals surface area contributed by atoms with Crippen LogP contribution in [-0.2, 0) is 6.54 Å². The Kier molecular flexibility index (Phi) is 7.58. The van der Waals surface area contributed by atoms with Gasteiger partial charge in [0, 0.05) is 31.7 Å². The highest BCUT2D eigenvalue weighted by Gasteiger charge is 2.22. The maximum absolute atomic E-state index is 12.2. The number of nitrogens with one attached hydrogen (secondary N) is 1. The van der Waals surface area contributed by atoms with Crippen molar-refractivity contribution in [2.45, 2.75) is 32.4 Å². The van der Waals surface area contributed by atoms with Gasteiger partial charge in [-0.15, -0.1) is 0 Å². The fraction of sp³-hybridized carbons (Fsp3) is 0.500. The Morgan fingerprint density at radius 3 is 2.66 bits per heavy atom. The Balaban J connectivity index is 1.47. The van der Waals surface area contributed by atoms with Crippen molar-refractivity contribution in [2.75, 3.05) is 40.3 Å². The van der Waals surface area contributed by atoms with Gasteiger partial charge in [-0.3, -0.25) is 9.69 Å². The number of halogens is 1. The number of furan rings is 1. The lowest BCUT2D eigenvalue weighted by Crippen LogP contribution is -2.37. The zero-order chi connectivity index (χ0) is 20.8. The number of ether oxygens (including phenoxy) is 1. The third kappa shape index (κ3) is 6.49. The summed E-state index contributed by atoms with van der Waals surface area (Å²) in [5, 5.41) is 3.36. The number of hydrogen-bond donors (Lipinski definition) is 1. The Bertz CT molecular complexity index is 813. The summed E-state index contributed by atoms with van der Waals surface area (Å²) in [5.74, 6) is 2.46. The molecule has 1 saturated heterocycles. The molecule has 0 unspecified atom stereocenters. The molecule has 1 amide bonds. The van der Waals surface area contributed by atoms with Crippen LogP contribution in [0.1, 0.15) is 34.7 Å². The molecule has 1 aliphatic heterocycles. The molecular weight excluding hydrogens is 390 g/mol. The number of benzene rings is 1. The SMILES string of the molecule is Cc1ccc(CN2CCC(Oc3ccc(C(=O)NCCN(C)C)cc3Cl)CC2)o1. The van der Waals surface area contributed by atoms with Crippen molar-refractivity contribution >= 4 is 17.5 Å². The van der Waals surface area contributed by atoms with Gasteiger partial charge >= 0.3 is 0 Å². The minimum absolute atomic E-state index is 0.123. The summed E-state index contributed by atoms with van der Waals surface area (Å²) in [4.78, 5) is 16.6. The maximum Gasteiger partial charge on any atom is 0.251 e. The van der Waals surface area contributed by atoms with Crippen molar-refractivity contribution in [3.63, 3.8) is 0 Å². The largest absolute Gasteiger partial charge is 0.489 e.